The third kappa shape index (κ3) is 21.0. The lowest BCUT2D eigenvalue weighted by atomic mass is 9.71. The summed E-state index contributed by atoms with van der Waals surface area (Å²) in [6.07, 6.45) is -1.10. The quantitative estimate of drug-likeness (QED) is 0.0822. The maximum Gasteiger partial charge on any atom is 0.304 e. The van der Waals surface area contributed by atoms with E-state index in [4.69, 9.17) is 38.6 Å². The van der Waals surface area contributed by atoms with Crippen LogP contribution in [0.5, 0.6) is 17.2 Å². The molecule has 0 heterocycles. The highest BCUT2D eigenvalue weighted by Crippen LogP contribution is 2.48. The lowest BCUT2D eigenvalue weighted by Crippen LogP contribution is -2.34. The van der Waals surface area contributed by atoms with Gasteiger partial charge in [0.05, 0.1) is 68.9 Å². The first-order valence-corrected chi connectivity index (χ1v) is 23.8. The molecule has 2 aromatic carbocycles. The molecule has 0 aromatic heterocycles. The minimum Gasteiger partial charge on any atom is -0.491 e. The molecule has 62 heavy (non-hydrogen) atoms. The molecule has 4 N–H and O–H groups in total. The number of nitrogens with one attached hydrogen (secondary N) is 2. The highest BCUT2D eigenvalue weighted by atomic mass is 32.2. The molecule has 18 nitrogen and oxygen atoms in total. The summed E-state index contributed by atoms with van der Waals surface area (Å²) in [6, 6.07) is 11.1. The normalized spacial score (nSPS) is 12.6. The van der Waals surface area contributed by atoms with E-state index in [9.17, 15) is 36.0 Å². The molecule has 2 aromatic rings. The van der Waals surface area contributed by atoms with Crippen LogP contribution in [-0.2, 0) is 58.5 Å². The molecule has 0 spiro atoms. The minimum absolute atomic E-state index is 0.241. The Labute approximate surface area is 365 Å². The maximum atomic E-state index is 13.0. The summed E-state index contributed by atoms with van der Waals surface area (Å²) in [6.45, 7) is 13.0. The smallest absolute Gasteiger partial charge is 0.304 e. The Morgan fingerprint density at radius 3 is 1.55 bits per heavy atom. The summed E-state index contributed by atoms with van der Waals surface area (Å²) in [7, 11) is -5.85. The van der Waals surface area contributed by atoms with Crippen LogP contribution in [0.25, 0.3) is 0 Å². The molecule has 2 amide bonds. The van der Waals surface area contributed by atoms with E-state index < -0.39 is 103 Å². The molecule has 0 fully saturated rings. The molecular formula is C42H64N2O16S2. The molecular weight excluding hydrogens is 853 g/mol. The van der Waals surface area contributed by atoms with Crippen molar-refractivity contribution in [3.8, 4) is 17.2 Å². The first-order chi connectivity index (χ1) is 28.9. The Hall–Kier alpha value is -4.50. The fourth-order valence-electron chi connectivity index (χ4n) is 5.99. The van der Waals surface area contributed by atoms with Gasteiger partial charge in [0.2, 0.25) is 0 Å². The molecule has 350 valence electrons. The Kier molecular flexibility index (Phi) is 22.1. The van der Waals surface area contributed by atoms with E-state index in [0.717, 1.165) is 5.56 Å². The highest BCUT2D eigenvalue weighted by molar-refractivity contribution is 7.91. The van der Waals surface area contributed by atoms with Gasteiger partial charge in [-0.15, -0.1) is 0 Å². The van der Waals surface area contributed by atoms with E-state index >= 15 is 0 Å². The fourth-order valence-corrected chi connectivity index (χ4v) is 8.20. The number of benzene rings is 2. The maximum absolute atomic E-state index is 13.0. The Balaban J connectivity index is 2.40. The van der Waals surface area contributed by atoms with E-state index in [1.165, 1.54) is 0 Å². The molecule has 20 heteroatoms. The molecule has 1 atom stereocenters. The molecule has 0 radical (unpaired) electrons. The van der Waals surface area contributed by atoms with Crippen LogP contribution >= 0.6 is 0 Å². The van der Waals surface area contributed by atoms with Crippen molar-refractivity contribution >= 4 is 43.4 Å². The van der Waals surface area contributed by atoms with Crippen LogP contribution < -0.4 is 24.8 Å². The van der Waals surface area contributed by atoms with E-state index in [2.05, 4.69) is 10.6 Å². The number of carboxylic acid groups (broad SMARTS) is 2. The molecule has 0 saturated heterocycles. The predicted octanol–water partition coefficient (Wildman–Crippen LogP) is 2.99. The molecule has 0 aliphatic rings. The summed E-state index contributed by atoms with van der Waals surface area (Å²) >= 11 is 0. The van der Waals surface area contributed by atoms with Crippen LogP contribution in [0.2, 0.25) is 0 Å². The average Bonchev–Trinajstić information content (AvgIpc) is 3.17. The number of methoxy groups -OCH3 is 1. The highest BCUT2D eigenvalue weighted by Gasteiger charge is 2.34. The van der Waals surface area contributed by atoms with Crippen molar-refractivity contribution in [2.75, 3.05) is 96.1 Å². The predicted molar refractivity (Wildman–Crippen MR) is 231 cm³/mol. The second-order valence-corrected chi connectivity index (χ2v) is 21.0. The summed E-state index contributed by atoms with van der Waals surface area (Å²) in [4.78, 5) is 47.5. The van der Waals surface area contributed by atoms with E-state index in [1.807, 2.05) is 71.9 Å². The largest absolute Gasteiger partial charge is 0.491 e. The number of aliphatic carboxylic acids is 2. The van der Waals surface area contributed by atoms with Crippen molar-refractivity contribution < 1.29 is 74.6 Å². The molecule has 0 aliphatic heterocycles. The van der Waals surface area contributed by atoms with Gasteiger partial charge in [0.25, 0.3) is 11.8 Å². The zero-order valence-corrected chi connectivity index (χ0v) is 38.4. The summed E-state index contributed by atoms with van der Waals surface area (Å²) in [5.41, 5.74) is 1.26. The van der Waals surface area contributed by atoms with Crippen LogP contribution in [0.1, 0.15) is 77.0 Å². The zero-order valence-electron chi connectivity index (χ0n) is 36.8. The SMILES string of the molecule is COCCOCCOCCOc1ccc(C(c2cc(C(C)(C)C)c(OCC(=O)NCCS(=O)(=O)CCC(=O)O)cc2OCC(=O)NCCS(=O)(=O)CCC(=O)O)C(C)(C)C)cc1. The van der Waals surface area contributed by atoms with Crippen molar-refractivity contribution in [2.45, 2.75) is 65.7 Å². The first kappa shape index (κ1) is 53.6. The molecule has 2 rings (SSSR count). The number of carbonyl (C=O) groups excluding carboxylic acids is 2. The Morgan fingerprint density at radius 2 is 1.10 bits per heavy atom. The van der Waals surface area contributed by atoms with Gasteiger partial charge in [-0.2, -0.15) is 0 Å². The van der Waals surface area contributed by atoms with Crippen LogP contribution in [0.3, 0.4) is 0 Å². The van der Waals surface area contributed by atoms with Gasteiger partial charge in [-0.3, -0.25) is 19.2 Å². The Morgan fingerprint density at radius 1 is 0.629 bits per heavy atom. The van der Waals surface area contributed by atoms with Gasteiger partial charge in [0, 0.05) is 43.3 Å². The standard InChI is InChI=1S/C42H64N2O16S2/c1-41(2,3)33-26-32(40(42(4,5)6)30-8-10-31(11-9-30)58-21-20-57-19-18-56-17-16-55-7)34(59-28-36(45)43-14-24-61(51,52)22-12-38(47)48)27-35(33)60-29-37(46)44-15-25-62(53,54)23-13-39(49)50/h8-11,26-27,40H,12-25,28-29H2,1-7H3,(H,43,45)(H,44,46)(H,47,48)(H,49,50). The third-order valence-electron chi connectivity index (χ3n) is 9.05. The average molecular weight is 917 g/mol. The van der Waals surface area contributed by atoms with Crippen molar-refractivity contribution in [3.05, 3.63) is 53.1 Å². The lowest BCUT2D eigenvalue weighted by molar-refractivity contribution is -0.137. The van der Waals surface area contributed by atoms with E-state index in [0.29, 0.717) is 56.5 Å². The minimum atomic E-state index is -3.74. The van der Waals surface area contributed by atoms with Crippen molar-refractivity contribution in [1.29, 1.82) is 0 Å². The zero-order chi connectivity index (χ0) is 46.6. The van der Waals surface area contributed by atoms with Gasteiger partial charge < -0.3 is 49.3 Å². The number of hydrogen-bond donors (Lipinski definition) is 4. The third-order valence-corrected chi connectivity index (χ3v) is 12.4. The van der Waals surface area contributed by atoms with Gasteiger partial charge in [0.15, 0.2) is 32.9 Å². The number of hydrogen-bond acceptors (Lipinski definition) is 14. The second-order valence-electron chi connectivity index (χ2n) is 16.4. The van der Waals surface area contributed by atoms with Gasteiger partial charge in [-0.25, -0.2) is 16.8 Å². The number of carbonyl (C=O) groups is 4. The van der Waals surface area contributed by atoms with Crippen molar-refractivity contribution in [3.63, 3.8) is 0 Å². The molecule has 0 saturated carbocycles. The lowest BCUT2D eigenvalue weighted by Gasteiger charge is -2.35. The monoisotopic (exact) mass is 916 g/mol. The van der Waals surface area contributed by atoms with Gasteiger partial charge >= 0.3 is 11.9 Å². The van der Waals surface area contributed by atoms with E-state index in [1.54, 1.807) is 13.2 Å². The topological polar surface area (TPSA) is 256 Å². The summed E-state index contributed by atoms with van der Waals surface area (Å²) in [5.74, 6) is -5.04. The molecule has 1 unspecified atom stereocenters. The molecule has 0 bridgehead atoms. The van der Waals surface area contributed by atoms with Crippen molar-refractivity contribution in [2.24, 2.45) is 5.41 Å². The number of ether oxygens (including phenoxy) is 6. The number of amides is 2. The number of rotatable bonds is 30. The van der Waals surface area contributed by atoms with Gasteiger partial charge in [-0.05, 0) is 34.6 Å². The van der Waals surface area contributed by atoms with Crippen LogP contribution in [-0.4, -0.2) is 147 Å². The summed E-state index contributed by atoms with van der Waals surface area (Å²) in [5, 5.41) is 22.7. The number of carboxylic acids is 2. The van der Waals surface area contributed by atoms with E-state index in [-0.39, 0.29) is 30.5 Å². The second kappa shape index (κ2) is 25.6. The van der Waals surface area contributed by atoms with Crippen LogP contribution in [0.15, 0.2) is 36.4 Å². The fraction of sp³-hybridized carbons (Fsp3) is 0.619. The van der Waals surface area contributed by atoms with Crippen LogP contribution in [0, 0.1) is 5.41 Å². The Bertz CT molecular complexity index is 1970. The van der Waals surface area contributed by atoms with Gasteiger partial charge in [0.1, 0.15) is 23.9 Å². The molecule has 0 aliphatic carbocycles. The number of sulfone groups is 2. The van der Waals surface area contributed by atoms with Crippen LogP contribution in [0.4, 0.5) is 0 Å². The summed E-state index contributed by atoms with van der Waals surface area (Å²) < 4.78 is 82.9. The van der Waals surface area contributed by atoms with Crippen molar-refractivity contribution in [1.82, 2.24) is 10.6 Å². The first-order valence-electron chi connectivity index (χ1n) is 20.1. The van der Waals surface area contributed by atoms with Gasteiger partial charge in [-0.1, -0.05) is 53.7 Å².